The van der Waals surface area contributed by atoms with E-state index in [1.54, 1.807) is 7.05 Å². The topological polar surface area (TPSA) is 68.2 Å². The van der Waals surface area contributed by atoms with E-state index in [0.717, 1.165) is 6.42 Å². The molecule has 2 aliphatic rings. The Bertz CT molecular complexity index is 338. The first-order chi connectivity index (χ1) is 8.59. The van der Waals surface area contributed by atoms with Crippen LogP contribution in [-0.2, 0) is 4.79 Å². The Kier molecular flexibility index (Phi) is 3.90. The van der Waals surface area contributed by atoms with E-state index in [1.165, 1.54) is 37.0 Å². The lowest BCUT2D eigenvalue weighted by Crippen LogP contribution is -2.55. The Labute approximate surface area is 109 Å². The summed E-state index contributed by atoms with van der Waals surface area (Å²) >= 11 is 0. The summed E-state index contributed by atoms with van der Waals surface area (Å²) in [6.07, 6.45) is 7.17. The maximum atomic E-state index is 12.4. The van der Waals surface area contributed by atoms with Gasteiger partial charge in [0.05, 0.1) is 0 Å². The number of carbonyl (C=O) groups is 1. The molecule has 2 fully saturated rings. The number of rotatable bonds is 4. The van der Waals surface area contributed by atoms with Gasteiger partial charge in [0.2, 0.25) is 0 Å². The van der Waals surface area contributed by atoms with E-state index in [0.29, 0.717) is 12.5 Å². The predicted octanol–water partition coefficient (Wildman–Crippen LogP) is 0.911. The standard InChI is InChI=1S/C13H24N4O/c1-15-9-13(8-10-6-4-3-5-7-10)11(18)17(2)12(14)16-13/h10,15H,3-9H2,1-2H3,(H2,14,16). The summed E-state index contributed by atoms with van der Waals surface area (Å²) in [5, 5.41) is 14.0. The smallest absolute Gasteiger partial charge is 0.256 e. The van der Waals surface area contributed by atoms with Gasteiger partial charge < -0.3 is 10.6 Å². The van der Waals surface area contributed by atoms with Gasteiger partial charge in [-0.3, -0.25) is 15.1 Å². The Balaban J connectivity index is 2.11. The highest BCUT2D eigenvalue weighted by Crippen LogP contribution is 2.33. The van der Waals surface area contributed by atoms with Gasteiger partial charge in [-0.1, -0.05) is 32.1 Å². The van der Waals surface area contributed by atoms with Crippen molar-refractivity contribution in [2.45, 2.75) is 44.1 Å². The van der Waals surface area contributed by atoms with E-state index in [-0.39, 0.29) is 11.9 Å². The summed E-state index contributed by atoms with van der Waals surface area (Å²) in [5.74, 6) is 0.876. The van der Waals surface area contributed by atoms with Crippen molar-refractivity contribution in [3.8, 4) is 0 Å². The fourth-order valence-corrected chi connectivity index (χ4v) is 3.30. The summed E-state index contributed by atoms with van der Waals surface area (Å²) in [4.78, 5) is 13.8. The Morgan fingerprint density at radius 1 is 1.44 bits per heavy atom. The molecular weight excluding hydrogens is 228 g/mol. The van der Waals surface area contributed by atoms with Gasteiger partial charge in [-0.15, -0.1) is 0 Å². The molecule has 18 heavy (non-hydrogen) atoms. The van der Waals surface area contributed by atoms with Crippen LogP contribution in [0.25, 0.3) is 0 Å². The fourth-order valence-electron chi connectivity index (χ4n) is 3.30. The van der Waals surface area contributed by atoms with Crippen LogP contribution in [-0.4, -0.2) is 42.9 Å². The molecule has 0 aromatic rings. The van der Waals surface area contributed by atoms with Crippen LogP contribution < -0.4 is 10.6 Å². The summed E-state index contributed by atoms with van der Waals surface area (Å²) in [6, 6.07) is 0. The number of carbonyl (C=O) groups excluding carboxylic acids is 1. The molecule has 2 rings (SSSR count). The minimum atomic E-state index is -0.595. The highest BCUT2D eigenvalue weighted by atomic mass is 16.2. The quantitative estimate of drug-likeness (QED) is 0.696. The van der Waals surface area contributed by atoms with Gasteiger partial charge in [0, 0.05) is 13.6 Å². The zero-order valence-corrected chi connectivity index (χ0v) is 11.4. The van der Waals surface area contributed by atoms with E-state index in [2.05, 4.69) is 10.6 Å². The van der Waals surface area contributed by atoms with E-state index in [9.17, 15) is 4.79 Å². The predicted molar refractivity (Wildman–Crippen MR) is 71.5 cm³/mol. The molecule has 0 aromatic carbocycles. The number of hydrogen-bond acceptors (Lipinski definition) is 3. The van der Waals surface area contributed by atoms with Gasteiger partial charge in [-0.25, -0.2) is 0 Å². The van der Waals surface area contributed by atoms with E-state index in [1.807, 2.05) is 7.05 Å². The van der Waals surface area contributed by atoms with E-state index < -0.39 is 5.54 Å². The maximum Gasteiger partial charge on any atom is 0.256 e. The molecule has 3 N–H and O–H groups in total. The first-order valence-corrected chi connectivity index (χ1v) is 6.88. The molecule has 1 unspecified atom stereocenters. The number of hydrogen-bond donors (Lipinski definition) is 3. The van der Waals surface area contributed by atoms with Crippen molar-refractivity contribution in [3.63, 3.8) is 0 Å². The van der Waals surface area contributed by atoms with Gasteiger partial charge >= 0.3 is 0 Å². The van der Waals surface area contributed by atoms with Crippen molar-refractivity contribution >= 4 is 11.9 Å². The zero-order valence-electron chi connectivity index (χ0n) is 11.4. The van der Waals surface area contributed by atoms with Crippen molar-refractivity contribution < 1.29 is 4.79 Å². The maximum absolute atomic E-state index is 12.4. The van der Waals surface area contributed by atoms with Crippen LogP contribution in [0.1, 0.15) is 38.5 Å². The normalized spacial score (nSPS) is 29.8. The second kappa shape index (κ2) is 5.26. The third-order valence-corrected chi connectivity index (χ3v) is 4.25. The molecule has 0 aromatic heterocycles. The van der Waals surface area contributed by atoms with Crippen LogP contribution in [0.5, 0.6) is 0 Å². The summed E-state index contributed by atoms with van der Waals surface area (Å²) in [5.41, 5.74) is -0.595. The van der Waals surface area contributed by atoms with Gasteiger partial charge in [0.1, 0.15) is 5.54 Å². The molecule has 1 amide bonds. The molecule has 1 aliphatic heterocycles. The van der Waals surface area contributed by atoms with Crippen LogP contribution in [0, 0.1) is 11.3 Å². The lowest BCUT2D eigenvalue weighted by atomic mass is 9.79. The van der Waals surface area contributed by atoms with Crippen molar-refractivity contribution in [2.75, 3.05) is 20.6 Å². The first-order valence-electron chi connectivity index (χ1n) is 6.88. The van der Waals surface area contributed by atoms with Gasteiger partial charge in [-0.05, 0) is 19.4 Å². The largest absolute Gasteiger partial charge is 0.341 e. The lowest BCUT2D eigenvalue weighted by molar-refractivity contribution is -0.130. The fraction of sp³-hybridized carbons (Fsp3) is 0.846. The third-order valence-electron chi connectivity index (χ3n) is 4.25. The highest BCUT2D eigenvalue weighted by Gasteiger charge is 2.48. The molecule has 1 aliphatic carbocycles. The Morgan fingerprint density at radius 3 is 2.61 bits per heavy atom. The monoisotopic (exact) mass is 252 g/mol. The Morgan fingerprint density at radius 2 is 2.11 bits per heavy atom. The SMILES string of the molecule is CNCC1(CC2CCCCC2)NC(=N)N(C)C1=O. The molecule has 1 saturated carbocycles. The van der Waals surface area contributed by atoms with Crippen molar-refractivity contribution in [2.24, 2.45) is 5.92 Å². The molecule has 5 heteroatoms. The van der Waals surface area contributed by atoms with Crippen molar-refractivity contribution in [1.29, 1.82) is 5.41 Å². The summed E-state index contributed by atoms with van der Waals surface area (Å²) < 4.78 is 0. The van der Waals surface area contributed by atoms with Crippen LogP contribution in [0.4, 0.5) is 0 Å². The average Bonchev–Trinajstić information content (AvgIpc) is 2.56. The number of amides is 1. The molecule has 0 spiro atoms. The first kappa shape index (κ1) is 13.3. The van der Waals surface area contributed by atoms with Gasteiger partial charge in [0.25, 0.3) is 5.91 Å². The molecule has 5 nitrogen and oxygen atoms in total. The lowest BCUT2D eigenvalue weighted by Gasteiger charge is -2.32. The summed E-state index contributed by atoms with van der Waals surface area (Å²) in [6.45, 7) is 0.592. The Hall–Kier alpha value is -1.10. The highest BCUT2D eigenvalue weighted by molar-refractivity contribution is 6.07. The molecule has 1 atom stereocenters. The minimum absolute atomic E-state index is 0.0347. The van der Waals surface area contributed by atoms with Gasteiger partial charge in [0.15, 0.2) is 5.96 Å². The average molecular weight is 252 g/mol. The molecule has 1 heterocycles. The van der Waals surface area contributed by atoms with E-state index >= 15 is 0 Å². The van der Waals surface area contributed by atoms with E-state index in [4.69, 9.17) is 5.41 Å². The second-order valence-corrected chi connectivity index (χ2v) is 5.66. The number of nitrogens with one attached hydrogen (secondary N) is 3. The zero-order chi connectivity index (χ0) is 13.2. The summed E-state index contributed by atoms with van der Waals surface area (Å²) in [7, 11) is 3.54. The van der Waals surface area contributed by atoms with Crippen LogP contribution >= 0.6 is 0 Å². The van der Waals surface area contributed by atoms with Crippen LogP contribution in [0.3, 0.4) is 0 Å². The van der Waals surface area contributed by atoms with Crippen LogP contribution in [0.15, 0.2) is 0 Å². The third kappa shape index (κ3) is 2.36. The number of guanidine groups is 1. The molecular formula is C13H24N4O. The molecule has 1 saturated heterocycles. The molecule has 102 valence electrons. The second-order valence-electron chi connectivity index (χ2n) is 5.66. The molecule has 0 bridgehead atoms. The number of nitrogens with zero attached hydrogens (tertiary/aromatic N) is 1. The van der Waals surface area contributed by atoms with Crippen molar-refractivity contribution in [3.05, 3.63) is 0 Å². The van der Waals surface area contributed by atoms with Crippen LogP contribution in [0.2, 0.25) is 0 Å². The minimum Gasteiger partial charge on any atom is -0.341 e. The molecule has 0 radical (unpaired) electrons. The van der Waals surface area contributed by atoms with Gasteiger partial charge in [-0.2, -0.15) is 0 Å². The number of likely N-dealkylation sites (N-methyl/N-ethyl adjacent to an activating group) is 2. The van der Waals surface area contributed by atoms with Crippen molar-refractivity contribution in [1.82, 2.24) is 15.5 Å².